The average Bonchev–Trinajstić information content (AvgIpc) is 2.68. The molecule has 0 aliphatic carbocycles. The summed E-state index contributed by atoms with van der Waals surface area (Å²) in [5, 5.41) is 10.9. The van der Waals surface area contributed by atoms with E-state index in [2.05, 4.69) is 20.7 Å². The Morgan fingerprint density at radius 3 is 2.65 bits per heavy atom. The molecule has 0 radical (unpaired) electrons. The molecule has 8 heteroatoms. The number of hydrogen-bond donors (Lipinski definition) is 2. The predicted octanol–water partition coefficient (Wildman–Crippen LogP) is 1.70. The summed E-state index contributed by atoms with van der Waals surface area (Å²) in [6.45, 7) is 0. The molecule has 26 heavy (non-hydrogen) atoms. The van der Waals surface area contributed by atoms with Crippen LogP contribution in [0.5, 0.6) is 11.5 Å². The molecule has 0 aliphatic rings. The van der Waals surface area contributed by atoms with Crippen molar-refractivity contribution in [1.29, 1.82) is 0 Å². The Hall–Kier alpha value is -3.68. The summed E-state index contributed by atoms with van der Waals surface area (Å²) in [6, 6.07) is 11.9. The second kappa shape index (κ2) is 7.47. The Balaban J connectivity index is 1.85. The van der Waals surface area contributed by atoms with Gasteiger partial charge >= 0.3 is 0 Å². The highest BCUT2D eigenvalue weighted by atomic mass is 16.5. The molecule has 0 saturated heterocycles. The average molecular weight is 352 g/mol. The molecular weight excluding hydrogens is 336 g/mol. The second-order valence-electron chi connectivity index (χ2n) is 5.25. The van der Waals surface area contributed by atoms with E-state index >= 15 is 0 Å². The molecular formula is C18H16N4O4. The van der Waals surface area contributed by atoms with Gasteiger partial charge in [-0.05, 0) is 24.3 Å². The lowest BCUT2D eigenvalue weighted by Crippen LogP contribution is -2.22. The van der Waals surface area contributed by atoms with E-state index in [4.69, 9.17) is 9.47 Å². The van der Waals surface area contributed by atoms with Gasteiger partial charge in [-0.2, -0.15) is 10.2 Å². The third-order valence-corrected chi connectivity index (χ3v) is 3.72. The van der Waals surface area contributed by atoms with E-state index in [0.717, 1.165) is 0 Å². The number of amides is 1. The Kier molecular flexibility index (Phi) is 4.93. The lowest BCUT2D eigenvalue weighted by Gasteiger charge is -2.07. The van der Waals surface area contributed by atoms with Gasteiger partial charge in [0.15, 0.2) is 5.69 Å². The second-order valence-corrected chi connectivity index (χ2v) is 5.25. The van der Waals surface area contributed by atoms with Crippen molar-refractivity contribution in [2.75, 3.05) is 14.2 Å². The van der Waals surface area contributed by atoms with Crippen LogP contribution in [0.15, 0.2) is 52.4 Å². The third-order valence-electron chi connectivity index (χ3n) is 3.72. The number of aromatic nitrogens is 2. The normalized spacial score (nSPS) is 10.8. The van der Waals surface area contributed by atoms with Crippen molar-refractivity contribution in [3.8, 4) is 11.5 Å². The van der Waals surface area contributed by atoms with Gasteiger partial charge in [0.25, 0.3) is 11.5 Å². The minimum absolute atomic E-state index is 0.0787. The molecule has 2 N–H and O–H groups in total. The molecule has 0 saturated carbocycles. The van der Waals surface area contributed by atoms with Crippen molar-refractivity contribution < 1.29 is 14.3 Å². The number of carbonyl (C=O) groups is 1. The lowest BCUT2D eigenvalue weighted by atomic mass is 10.1. The van der Waals surface area contributed by atoms with Gasteiger partial charge in [0, 0.05) is 10.9 Å². The fourth-order valence-electron chi connectivity index (χ4n) is 2.44. The molecule has 1 aromatic heterocycles. The fraction of sp³-hybridized carbons (Fsp3) is 0.111. The van der Waals surface area contributed by atoms with Crippen molar-refractivity contribution in [3.05, 3.63) is 64.1 Å². The molecule has 0 spiro atoms. The number of rotatable bonds is 5. The van der Waals surface area contributed by atoms with E-state index in [9.17, 15) is 9.59 Å². The van der Waals surface area contributed by atoms with Crippen LogP contribution in [-0.2, 0) is 0 Å². The van der Waals surface area contributed by atoms with Gasteiger partial charge in [0.2, 0.25) is 0 Å². The van der Waals surface area contributed by atoms with Crippen LogP contribution in [0.2, 0.25) is 0 Å². The van der Waals surface area contributed by atoms with Crippen molar-refractivity contribution in [2.45, 2.75) is 0 Å². The summed E-state index contributed by atoms with van der Waals surface area (Å²) in [5.74, 6) is 0.666. The van der Waals surface area contributed by atoms with Gasteiger partial charge in [-0.25, -0.2) is 10.5 Å². The Morgan fingerprint density at radius 2 is 1.92 bits per heavy atom. The van der Waals surface area contributed by atoms with E-state index in [1.54, 1.807) is 49.6 Å². The van der Waals surface area contributed by atoms with E-state index < -0.39 is 5.91 Å². The Labute approximate surface area is 148 Å². The van der Waals surface area contributed by atoms with Crippen LogP contribution in [0.4, 0.5) is 0 Å². The van der Waals surface area contributed by atoms with Crippen molar-refractivity contribution in [1.82, 2.24) is 15.6 Å². The highest BCUT2D eigenvalue weighted by Crippen LogP contribution is 2.22. The molecule has 0 aliphatic heterocycles. The minimum Gasteiger partial charge on any atom is -0.497 e. The molecule has 0 unspecified atom stereocenters. The molecule has 1 amide bonds. The van der Waals surface area contributed by atoms with Gasteiger partial charge in [0.05, 0.1) is 25.8 Å². The number of hydrogen-bond acceptors (Lipinski definition) is 6. The first-order valence-electron chi connectivity index (χ1n) is 7.67. The molecule has 0 fully saturated rings. The number of benzene rings is 2. The smallest absolute Gasteiger partial charge is 0.292 e. The first-order valence-corrected chi connectivity index (χ1v) is 7.67. The van der Waals surface area contributed by atoms with Crippen LogP contribution in [0, 0.1) is 0 Å². The first kappa shape index (κ1) is 17.2. The molecule has 2 aromatic carbocycles. The standard InChI is InChI=1S/C18H16N4O4/c1-25-12-7-8-15(26-2)11(9-12)10-19-21-18(24)16-13-5-3-4-6-14(13)17(23)22-20-16/h3-10H,1-2H3,(H,21,24)(H,22,23)/b19-10-. The van der Waals surface area contributed by atoms with Crippen LogP contribution in [0.1, 0.15) is 16.1 Å². The lowest BCUT2D eigenvalue weighted by molar-refractivity contribution is 0.0951. The zero-order valence-corrected chi connectivity index (χ0v) is 14.1. The Morgan fingerprint density at radius 1 is 1.15 bits per heavy atom. The van der Waals surface area contributed by atoms with Crippen molar-refractivity contribution >= 4 is 22.9 Å². The predicted molar refractivity (Wildman–Crippen MR) is 97.0 cm³/mol. The highest BCUT2D eigenvalue weighted by molar-refractivity contribution is 6.04. The zero-order valence-electron chi connectivity index (χ0n) is 14.1. The van der Waals surface area contributed by atoms with E-state index in [1.807, 2.05) is 0 Å². The number of methoxy groups -OCH3 is 2. The van der Waals surface area contributed by atoms with Crippen LogP contribution >= 0.6 is 0 Å². The van der Waals surface area contributed by atoms with Crippen molar-refractivity contribution in [3.63, 3.8) is 0 Å². The monoisotopic (exact) mass is 352 g/mol. The topological polar surface area (TPSA) is 106 Å². The Bertz CT molecular complexity index is 1040. The van der Waals surface area contributed by atoms with Gasteiger partial charge in [-0.3, -0.25) is 9.59 Å². The number of H-pyrrole nitrogens is 1. The van der Waals surface area contributed by atoms with Crippen LogP contribution in [0.25, 0.3) is 10.8 Å². The molecule has 132 valence electrons. The summed E-state index contributed by atoms with van der Waals surface area (Å²) in [5.41, 5.74) is 2.75. The van der Waals surface area contributed by atoms with E-state index in [-0.39, 0.29) is 11.3 Å². The SMILES string of the molecule is COc1ccc(OC)c(/C=N\NC(=O)c2n[nH]c(=O)c3ccccc23)c1. The maximum Gasteiger partial charge on any atom is 0.292 e. The van der Waals surface area contributed by atoms with E-state index in [1.165, 1.54) is 13.3 Å². The van der Waals surface area contributed by atoms with Gasteiger partial charge in [0.1, 0.15) is 11.5 Å². The summed E-state index contributed by atoms with van der Waals surface area (Å²) >= 11 is 0. The van der Waals surface area contributed by atoms with Gasteiger partial charge in [-0.15, -0.1) is 0 Å². The third kappa shape index (κ3) is 3.39. The molecule has 8 nitrogen and oxygen atoms in total. The molecule has 1 heterocycles. The zero-order chi connectivity index (χ0) is 18.5. The summed E-state index contributed by atoms with van der Waals surface area (Å²) < 4.78 is 10.4. The molecule has 3 rings (SSSR count). The fourth-order valence-corrected chi connectivity index (χ4v) is 2.44. The number of aromatic amines is 1. The van der Waals surface area contributed by atoms with Gasteiger partial charge < -0.3 is 9.47 Å². The van der Waals surface area contributed by atoms with Gasteiger partial charge in [-0.1, -0.05) is 18.2 Å². The molecule has 0 bridgehead atoms. The quantitative estimate of drug-likeness (QED) is 0.537. The number of fused-ring (bicyclic) bond motifs is 1. The maximum absolute atomic E-state index is 12.4. The van der Waals surface area contributed by atoms with Crippen LogP contribution < -0.4 is 20.5 Å². The highest BCUT2D eigenvalue weighted by Gasteiger charge is 2.13. The number of ether oxygens (including phenoxy) is 2. The number of nitrogens with zero attached hydrogens (tertiary/aromatic N) is 2. The minimum atomic E-state index is -0.546. The molecule has 0 atom stereocenters. The largest absolute Gasteiger partial charge is 0.497 e. The first-order chi connectivity index (χ1) is 12.6. The summed E-state index contributed by atoms with van der Waals surface area (Å²) in [4.78, 5) is 24.2. The van der Waals surface area contributed by atoms with Crippen LogP contribution in [-0.4, -0.2) is 36.5 Å². The number of nitrogens with one attached hydrogen (secondary N) is 2. The number of carbonyl (C=O) groups excluding carboxylic acids is 1. The maximum atomic E-state index is 12.4. The molecule has 3 aromatic rings. The summed E-state index contributed by atoms with van der Waals surface area (Å²) in [6.07, 6.45) is 1.44. The number of hydrazone groups is 1. The van der Waals surface area contributed by atoms with Crippen molar-refractivity contribution in [2.24, 2.45) is 5.10 Å². The summed E-state index contributed by atoms with van der Waals surface area (Å²) in [7, 11) is 3.09. The van der Waals surface area contributed by atoms with E-state index in [0.29, 0.717) is 27.8 Å². The van der Waals surface area contributed by atoms with Crippen LogP contribution in [0.3, 0.4) is 0 Å².